The number of benzene rings is 2. The molecule has 1 N–H and O–H groups in total. The molecule has 1 amide bonds. The van der Waals surface area contributed by atoms with E-state index < -0.39 is 35.3 Å². The maximum Gasteiger partial charge on any atom is 0.422 e. The van der Waals surface area contributed by atoms with Gasteiger partial charge in [0, 0.05) is 13.1 Å². The summed E-state index contributed by atoms with van der Waals surface area (Å²) in [5, 5.41) is 2.61. The van der Waals surface area contributed by atoms with Crippen molar-refractivity contribution in [1.82, 2.24) is 4.31 Å². The largest absolute Gasteiger partial charge is 0.482 e. The van der Waals surface area contributed by atoms with Crippen LogP contribution in [0.25, 0.3) is 0 Å². The van der Waals surface area contributed by atoms with Crippen LogP contribution in [0, 0.1) is 0 Å². The number of halogens is 4. The summed E-state index contributed by atoms with van der Waals surface area (Å²) in [5.74, 6) is -0.876. The van der Waals surface area contributed by atoms with Crippen LogP contribution < -0.4 is 14.8 Å². The van der Waals surface area contributed by atoms with Crippen LogP contribution >= 0.6 is 11.6 Å². The number of morpholine rings is 1. The number of alkyl halides is 3. The van der Waals surface area contributed by atoms with E-state index >= 15 is 0 Å². The molecule has 0 aliphatic carbocycles. The van der Waals surface area contributed by atoms with E-state index in [1.807, 2.05) is 0 Å². The van der Waals surface area contributed by atoms with Crippen LogP contribution in [0.2, 0.25) is 5.02 Å². The van der Waals surface area contributed by atoms with Gasteiger partial charge < -0.3 is 19.5 Å². The highest BCUT2D eigenvalue weighted by atomic mass is 35.5. The standard InChI is InChI=1S/C20H20ClF3N2O6S/c21-15-3-1-2-4-17(15)31-12-19(27)25-16-11-14(5-6-18(16)32-13-20(22,23)24)33(28,29)26-7-9-30-10-8-26/h1-6,11H,7-10,12-13H2,(H,25,27). The number of nitrogens with one attached hydrogen (secondary N) is 1. The molecule has 33 heavy (non-hydrogen) atoms. The summed E-state index contributed by atoms with van der Waals surface area (Å²) >= 11 is 5.96. The lowest BCUT2D eigenvalue weighted by molar-refractivity contribution is -0.153. The maximum atomic E-state index is 12.9. The number of rotatable bonds is 8. The topological polar surface area (TPSA) is 94.2 Å². The minimum atomic E-state index is -4.63. The molecular weight excluding hydrogens is 489 g/mol. The smallest absolute Gasteiger partial charge is 0.422 e. The Kier molecular flexibility index (Phi) is 8.05. The minimum Gasteiger partial charge on any atom is -0.482 e. The lowest BCUT2D eigenvalue weighted by Gasteiger charge is -2.26. The van der Waals surface area contributed by atoms with E-state index in [2.05, 4.69) is 5.32 Å². The van der Waals surface area contributed by atoms with Gasteiger partial charge in [0.25, 0.3) is 5.91 Å². The predicted molar refractivity (Wildman–Crippen MR) is 113 cm³/mol. The molecule has 2 aromatic rings. The Morgan fingerprint density at radius 1 is 1.09 bits per heavy atom. The van der Waals surface area contributed by atoms with Gasteiger partial charge in [-0.15, -0.1) is 0 Å². The van der Waals surface area contributed by atoms with Gasteiger partial charge in [0.05, 0.1) is 28.8 Å². The van der Waals surface area contributed by atoms with E-state index in [-0.39, 0.29) is 53.4 Å². The van der Waals surface area contributed by atoms with Gasteiger partial charge in [-0.1, -0.05) is 23.7 Å². The van der Waals surface area contributed by atoms with E-state index in [1.165, 1.54) is 10.4 Å². The molecule has 1 saturated heterocycles. The number of hydrogen-bond donors (Lipinski definition) is 1. The molecule has 8 nitrogen and oxygen atoms in total. The number of ether oxygens (including phenoxy) is 3. The van der Waals surface area contributed by atoms with E-state index in [0.29, 0.717) is 0 Å². The number of amides is 1. The Labute approximate surface area is 193 Å². The zero-order valence-electron chi connectivity index (χ0n) is 17.1. The average Bonchev–Trinajstić information content (AvgIpc) is 2.77. The zero-order chi connectivity index (χ0) is 24.1. The third-order valence-electron chi connectivity index (χ3n) is 4.42. The third kappa shape index (κ3) is 6.97. The van der Waals surface area contributed by atoms with Crippen LogP contribution in [0.4, 0.5) is 18.9 Å². The van der Waals surface area contributed by atoms with Gasteiger partial charge in [-0.25, -0.2) is 8.42 Å². The predicted octanol–water partition coefficient (Wildman–Crippen LogP) is 3.32. The summed E-state index contributed by atoms with van der Waals surface area (Å²) in [6, 6.07) is 9.61. The highest BCUT2D eigenvalue weighted by Crippen LogP contribution is 2.31. The van der Waals surface area contributed by atoms with E-state index in [4.69, 9.17) is 25.8 Å². The zero-order valence-corrected chi connectivity index (χ0v) is 18.7. The Bertz CT molecular complexity index is 1090. The second-order valence-electron chi connectivity index (χ2n) is 6.85. The summed E-state index contributed by atoms with van der Waals surface area (Å²) in [4.78, 5) is 12.2. The van der Waals surface area contributed by atoms with Crippen LogP contribution in [0.3, 0.4) is 0 Å². The first-order valence-electron chi connectivity index (χ1n) is 9.65. The first-order chi connectivity index (χ1) is 15.6. The van der Waals surface area contributed by atoms with E-state index in [9.17, 15) is 26.4 Å². The number of carbonyl (C=O) groups is 1. The summed E-state index contributed by atoms with van der Waals surface area (Å²) in [6.07, 6.45) is -4.63. The highest BCUT2D eigenvalue weighted by Gasteiger charge is 2.30. The van der Waals surface area contributed by atoms with Crippen molar-refractivity contribution >= 4 is 33.2 Å². The average molecular weight is 509 g/mol. The van der Waals surface area contributed by atoms with Crippen LogP contribution in [0.15, 0.2) is 47.4 Å². The first-order valence-corrected chi connectivity index (χ1v) is 11.5. The fourth-order valence-electron chi connectivity index (χ4n) is 2.88. The molecule has 3 rings (SSSR count). The summed E-state index contributed by atoms with van der Waals surface area (Å²) in [5.41, 5.74) is -0.249. The molecule has 1 fully saturated rings. The van der Waals surface area contributed by atoms with Gasteiger partial charge >= 0.3 is 6.18 Å². The highest BCUT2D eigenvalue weighted by molar-refractivity contribution is 7.89. The van der Waals surface area contributed by atoms with Crippen LogP contribution in [0.1, 0.15) is 0 Å². The van der Waals surface area contributed by atoms with Crippen LogP contribution in [-0.2, 0) is 19.6 Å². The molecule has 13 heteroatoms. The number of sulfonamides is 1. The normalized spacial score (nSPS) is 15.2. The van der Waals surface area contributed by atoms with Crippen molar-refractivity contribution in [2.75, 3.05) is 44.8 Å². The Hall–Kier alpha value is -2.54. The Morgan fingerprint density at radius 3 is 2.45 bits per heavy atom. The van der Waals surface area contributed by atoms with E-state index in [0.717, 1.165) is 18.2 Å². The summed E-state index contributed by atoms with van der Waals surface area (Å²) < 4.78 is 80.1. The Balaban J connectivity index is 1.81. The van der Waals surface area contributed by atoms with Gasteiger partial charge in [0.1, 0.15) is 11.5 Å². The number of hydrogen-bond acceptors (Lipinski definition) is 6. The van der Waals surface area contributed by atoms with Crippen LogP contribution in [-0.4, -0.2) is 64.3 Å². The van der Waals surface area contributed by atoms with Crippen molar-refractivity contribution in [2.45, 2.75) is 11.1 Å². The molecule has 1 aliphatic rings. The van der Waals surface area contributed by atoms with Crippen molar-refractivity contribution in [3.63, 3.8) is 0 Å². The van der Waals surface area contributed by atoms with Gasteiger partial charge in [-0.05, 0) is 30.3 Å². The second kappa shape index (κ2) is 10.6. The third-order valence-corrected chi connectivity index (χ3v) is 6.63. The SMILES string of the molecule is O=C(COc1ccccc1Cl)Nc1cc(S(=O)(=O)N2CCOCC2)ccc1OCC(F)(F)F. The van der Waals surface area contributed by atoms with Crippen molar-refractivity contribution in [3.8, 4) is 11.5 Å². The monoisotopic (exact) mass is 508 g/mol. The molecule has 0 bridgehead atoms. The Morgan fingerprint density at radius 2 is 1.79 bits per heavy atom. The van der Waals surface area contributed by atoms with Gasteiger partial charge in [0.2, 0.25) is 10.0 Å². The lowest BCUT2D eigenvalue weighted by Crippen LogP contribution is -2.40. The molecule has 1 heterocycles. The summed E-state index contributed by atoms with van der Waals surface area (Å²) in [7, 11) is -3.97. The van der Waals surface area contributed by atoms with E-state index in [1.54, 1.807) is 18.2 Å². The molecule has 0 unspecified atom stereocenters. The molecule has 0 spiro atoms. The molecule has 2 aromatic carbocycles. The fraction of sp³-hybridized carbons (Fsp3) is 0.350. The van der Waals surface area contributed by atoms with Gasteiger partial charge in [-0.2, -0.15) is 17.5 Å². The van der Waals surface area contributed by atoms with Crippen molar-refractivity contribution in [2.24, 2.45) is 0 Å². The second-order valence-corrected chi connectivity index (χ2v) is 9.19. The molecule has 0 atom stereocenters. The quantitative estimate of drug-likeness (QED) is 0.588. The number of para-hydroxylation sites is 1. The molecule has 0 saturated carbocycles. The fourth-order valence-corrected chi connectivity index (χ4v) is 4.51. The number of anilines is 1. The number of nitrogens with zero attached hydrogens (tertiary/aromatic N) is 1. The van der Waals surface area contributed by atoms with Gasteiger partial charge in [-0.3, -0.25) is 4.79 Å². The number of carbonyl (C=O) groups excluding carboxylic acids is 1. The van der Waals surface area contributed by atoms with Crippen LogP contribution in [0.5, 0.6) is 11.5 Å². The van der Waals surface area contributed by atoms with Crippen molar-refractivity contribution in [3.05, 3.63) is 47.5 Å². The first kappa shape index (κ1) is 25.1. The molecule has 1 aliphatic heterocycles. The molecule has 0 radical (unpaired) electrons. The summed E-state index contributed by atoms with van der Waals surface area (Å²) in [6.45, 7) is -1.46. The molecule has 180 valence electrons. The molecular formula is C20H20ClF3N2O6S. The van der Waals surface area contributed by atoms with Crippen molar-refractivity contribution < 1.29 is 40.6 Å². The minimum absolute atomic E-state index is 0.127. The van der Waals surface area contributed by atoms with Crippen molar-refractivity contribution in [1.29, 1.82) is 0 Å². The molecule has 0 aromatic heterocycles. The van der Waals surface area contributed by atoms with Gasteiger partial charge in [0.15, 0.2) is 13.2 Å². The lowest BCUT2D eigenvalue weighted by atomic mass is 10.3. The maximum absolute atomic E-state index is 12.9.